The highest BCUT2D eigenvalue weighted by Crippen LogP contribution is 2.29. The van der Waals surface area contributed by atoms with Gasteiger partial charge in [0.25, 0.3) is 5.88 Å². The fraction of sp³-hybridized carbons (Fsp3) is 0.227. The van der Waals surface area contributed by atoms with E-state index in [9.17, 15) is 4.79 Å². The minimum atomic E-state index is -0.131. The summed E-state index contributed by atoms with van der Waals surface area (Å²) in [5, 5.41) is 3.44. The molecule has 0 fully saturated rings. The molecule has 8 heteroatoms. The first-order valence-corrected chi connectivity index (χ1v) is 10.2. The monoisotopic (exact) mass is 425 g/mol. The van der Waals surface area contributed by atoms with Gasteiger partial charge in [-0.1, -0.05) is 29.5 Å². The van der Waals surface area contributed by atoms with Gasteiger partial charge >= 0.3 is 0 Å². The first kappa shape index (κ1) is 21.4. The molecule has 156 valence electrons. The maximum absolute atomic E-state index is 12.3. The molecule has 1 N–H and O–H groups in total. The molecule has 0 bridgehead atoms. The Balaban J connectivity index is 1.57. The van der Waals surface area contributed by atoms with Crippen molar-refractivity contribution >= 4 is 17.7 Å². The number of nitrogens with zero attached hydrogens (tertiary/aromatic N) is 2. The van der Waals surface area contributed by atoms with Crippen LogP contribution in [0.15, 0.2) is 59.9 Å². The van der Waals surface area contributed by atoms with E-state index < -0.39 is 0 Å². The van der Waals surface area contributed by atoms with Gasteiger partial charge in [-0.3, -0.25) is 4.79 Å². The molecule has 0 spiro atoms. The summed E-state index contributed by atoms with van der Waals surface area (Å²) >= 11 is 1.27. The third kappa shape index (κ3) is 6.12. The number of hydrogen-bond donors (Lipinski definition) is 1. The zero-order chi connectivity index (χ0) is 21.3. The van der Waals surface area contributed by atoms with Crippen molar-refractivity contribution in [1.82, 2.24) is 15.3 Å². The summed E-state index contributed by atoms with van der Waals surface area (Å²) < 4.78 is 16.3. The van der Waals surface area contributed by atoms with E-state index in [4.69, 9.17) is 14.2 Å². The van der Waals surface area contributed by atoms with Gasteiger partial charge in [0.2, 0.25) is 5.91 Å². The lowest BCUT2D eigenvalue weighted by Crippen LogP contribution is -2.24. The minimum Gasteiger partial charge on any atom is -0.497 e. The smallest absolute Gasteiger partial charge is 0.252 e. The fourth-order valence-electron chi connectivity index (χ4n) is 2.55. The van der Waals surface area contributed by atoms with E-state index in [1.807, 2.05) is 43.3 Å². The zero-order valence-corrected chi connectivity index (χ0v) is 17.9. The van der Waals surface area contributed by atoms with Gasteiger partial charge in [0.1, 0.15) is 17.2 Å². The van der Waals surface area contributed by atoms with E-state index in [-0.39, 0.29) is 11.7 Å². The number of thioether (sulfide) groups is 1. The standard InChI is InChI=1S/C22H23N3O4S/c1-15-4-6-17(7-5-15)29-21-22(24-9-8-23-21)30-14-20(26)25-13-16-10-18(27-2)12-19(11-16)28-3/h4-12H,13-14H2,1-3H3,(H,25,26). The van der Waals surface area contributed by atoms with Gasteiger partial charge in [0.05, 0.1) is 20.0 Å². The average Bonchev–Trinajstić information content (AvgIpc) is 2.78. The van der Waals surface area contributed by atoms with Crippen molar-refractivity contribution in [2.75, 3.05) is 20.0 Å². The van der Waals surface area contributed by atoms with Crippen LogP contribution in [0.25, 0.3) is 0 Å². The molecular formula is C22H23N3O4S. The van der Waals surface area contributed by atoms with Crippen molar-refractivity contribution in [3.63, 3.8) is 0 Å². The summed E-state index contributed by atoms with van der Waals surface area (Å²) in [5.74, 6) is 2.44. The molecule has 30 heavy (non-hydrogen) atoms. The Morgan fingerprint density at radius 3 is 2.30 bits per heavy atom. The SMILES string of the molecule is COc1cc(CNC(=O)CSc2nccnc2Oc2ccc(C)cc2)cc(OC)c1. The second kappa shape index (κ2) is 10.5. The van der Waals surface area contributed by atoms with Crippen LogP contribution in [-0.2, 0) is 11.3 Å². The Kier molecular flexibility index (Phi) is 7.51. The number of rotatable bonds is 9. The van der Waals surface area contributed by atoms with Crippen molar-refractivity contribution in [1.29, 1.82) is 0 Å². The van der Waals surface area contributed by atoms with Crippen LogP contribution in [0.1, 0.15) is 11.1 Å². The van der Waals surface area contributed by atoms with E-state index >= 15 is 0 Å². The quantitative estimate of drug-likeness (QED) is 0.519. The highest BCUT2D eigenvalue weighted by molar-refractivity contribution is 8.00. The number of aromatic nitrogens is 2. The van der Waals surface area contributed by atoms with Gasteiger partial charge in [-0.2, -0.15) is 0 Å². The lowest BCUT2D eigenvalue weighted by molar-refractivity contribution is -0.118. The molecule has 0 saturated carbocycles. The molecule has 3 aromatic rings. The van der Waals surface area contributed by atoms with Gasteiger partial charge in [-0.15, -0.1) is 0 Å². The Morgan fingerprint density at radius 2 is 1.63 bits per heavy atom. The number of hydrogen-bond acceptors (Lipinski definition) is 7. The largest absolute Gasteiger partial charge is 0.497 e. The molecule has 0 saturated heterocycles. The van der Waals surface area contributed by atoms with Crippen molar-refractivity contribution in [2.45, 2.75) is 18.5 Å². The fourth-order valence-corrected chi connectivity index (χ4v) is 3.28. The molecule has 1 amide bonds. The summed E-state index contributed by atoms with van der Waals surface area (Å²) in [4.78, 5) is 20.9. The number of nitrogens with one attached hydrogen (secondary N) is 1. The molecule has 0 aliphatic heterocycles. The normalized spacial score (nSPS) is 10.4. The lowest BCUT2D eigenvalue weighted by Gasteiger charge is -2.10. The third-order valence-electron chi connectivity index (χ3n) is 4.11. The molecule has 0 aliphatic rings. The van der Waals surface area contributed by atoms with Crippen molar-refractivity contribution < 1.29 is 19.0 Å². The molecule has 1 aromatic heterocycles. The van der Waals surface area contributed by atoms with Crippen LogP contribution < -0.4 is 19.5 Å². The Morgan fingerprint density at radius 1 is 0.967 bits per heavy atom. The van der Waals surface area contributed by atoms with Crippen LogP contribution in [0.3, 0.4) is 0 Å². The van der Waals surface area contributed by atoms with Gasteiger partial charge in [-0.05, 0) is 36.8 Å². The van der Waals surface area contributed by atoms with Crippen LogP contribution in [0.5, 0.6) is 23.1 Å². The summed E-state index contributed by atoms with van der Waals surface area (Å²) in [6.07, 6.45) is 3.13. The number of aryl methyl sites for hydroxylation is 1. The van der Waals surface area contributed by atoms with Gasteiger partial charge < -0.3 is 19.5 Å². The molecule has 0 atom stereocenters. The predicted molar refractivity (Wildman–Crippen MR) is 115 cm³/mol. The number of carbonyl (C=O) groups excluding carboxylic acids is 1. The second-order valence-corrected chi connectivity index (χ2v) is 7.33. The summed E-state index contributed by atoms with van der Waals surface area (Å²) in [6.45, 7) is 2.37. The Hall–Kier alpha value is -3.26. The van der Waals surface area contributed by atoms with Gasteiger partial charge in [0.15, 0.2) is 5.03 Å². The molecule has 0 radical (unpaired) electrons. The molecule has 0 unspecified atom stereocenters. The first-order valence-electron chi connectivity index (χ1n) is 9.24. The highest BCUT2D eigenvalue weighted by Gasteiger charge is 2.12. The summed E-state index contributed by atoms with van der Waals surface area (Å²) in [7, 11) is 3.18. The Labute approximate surface area is 179 Å². The van der Waals surface area contributed by atoms with Crippen LogP contribution >= 0.6 is 11.8 Å². The number of carbonyl (C=O) groups is 1. The number of amides is 1. The maximum Gasteiger partial charge on any atom is 0.252 e. The highest BCUT2D eigenvalue weighted by atomic mass is 32.2. The predicted octanol–water partition coefficient (Wildman–Crippen LogP) is 4.00. The van der Waals surface area contributed by atoms with E-state index in [0.717, 1.165) is 11.1 Å². The van der Waals surface area contributed by atoms with Crippen LogP contribution in [-0.4, -0.2) is 35.8 Å². The lowest BCUT2D eigenvalue weighted by atomic mass is 10.2. The molecule has 7 nitrogen and oxygen atoms in total. The van der Waals surface area contributed by atoms with E-state index in [0.29, 0.717) is 34.7 Å². The zero-order valence-electron chi connectivity index (χ0n) is 17.0. The van der Waals surface area contributed by atoms with Crippen LogP contribution in [0.2, 0.25) is 0 Å². The average molecular weight is 426 g/mol. The van der Waals surface area contributed by atoms with E-state index in [2.05, 4.69) is 15.3 Å². The van der Waals surface area contributed by atoms with E-state index in [1.54, 1.807) is 32.7 Å². The Bertz CT molecular complexity index is 974. The second-order valence-electron chi connectivity index (χ2n) is 6.37. The molecule has 1 heterocycles. The van der Waals surface area contributed by atoms with Crippen LogP contribution in [0.4, 0.5) is 0 Å². The topological polar surface area (TPSA) is 82.6 Å². The van der Waals surface area contributed by atoms with Crippen molar-refractivity contribution in [3.8, 4) is 23.1 Å². The van der Waals surface area contributed by atoms with E-state index in [1.165, 1.54) is 11.8 Å². The maximum atomic E-state index is 12.3. The molecule has 3 rings (SSSR count). The summed E-state index contributed by atoms with van der Waals surface area (Å²) in [5.41, 5.74) is 2.02. The molecular weight excluding hydrogens is 402 g/mol. The summed E-state index contributed by atoms with van der Waals surface area (Å²) in [6, 6.07) is 13.1. The van der Waals surface area contributed by atoms with Gasteiger partial charge in [0, 0.05) is 25.0 Å². The van der Waals surface area contributed by atoms with Gasteiger partial charge in [-0.25, -0.2) is 9.97 Å². The third-order valence-corrected chi connectivity index (χ3v) is 5.07. The van der Waals surface area contributed by atoms with Crippen molar-refractivity contribution in [2.24, 2.45) is 0 Å². The van der Waals surface area contributed by atoms with Crippen molar-refractivity contribution in [3.05, 3.63) is 66.0 Å². The first-order chi connectivity index (χ1) is 14.6. The number of ether oxygens (including phenoxy) is 3. The molecule has 0 aliphatic carbocycles. The number of methoxy groups -OCH3 is 2. The van der Waals surface area contributed by atoms with Crippen LogP contribution in [0, 0.1) is 6.92 Å². The minimum absolute atomic E-state index is 0.131. The molecule has 2 aromatic carbocycles. The number of benzene rings is 2.